The molecule has 0 radical (unpaired) electrons. The van der Waals surface area contributed by atoms with E-state index in [1.807, 2.05) is 0 Å². The van der Waals surface area contributed by atoms with Crippen LogP contribution in [0.2, 0.25) is 0 Å². The van der Waals surface area contributed by atoms with Gasteiger partial charge in [0.05, 0.1) is 13.2 Å². The van der Waals surface area contributed by atoms with Crippen LogP contribution in [0, 0.1) is 0 Å². The van der Waals surface area contributed by atoms with Crippen molar-refractivity contribution in [3.8, 4) is 0 Å². The molecule has 0 aliphatic heterocycles. The molecule has 0 rings (SSSR count). The fourth-order valence-corrected chi connectivity index (χ4v) is 1.48. The van der Waals surface area contributed by atoms with Gasteiger partial charge in [0, 0.05) is 40.4 Å². The van der Waals surface area contributed by atoms with Gasteiger partial charge in [-0.3, -0.25) is 0 Å². The number of carbonyl (C=O) groups is 2. The third kappa shape index (κ3) is 11.2. The summed E-state index contributed by atoms with van der Waals surface area (Å²) >= 11 is 0. The predicted molar refractivity (Wildman–Crippen MR) is 83.0 cm³/mol. The van der Waals surface area contributed by atoms with E-state index in [2.05, 4.69) is 10.6 Å². The first-order valence-electron chi connectivity index (χ1n) is 7.27. The second kappa shape index (κ2) is 11.1. The van der Waals surface area contributed by atoms with E-state index in [0.717, 1.165) is 0 Å². The SMILES string of the molecule is COCCN(CCOC)C(=O)NCCNC(=O)OC(C)(C)C. The van der Waals surface area contributed by atoms with E-state index in [1.165, 1.54) is 0 Å². The second-order valence-corrected chi connectivity index (χ2v) is 5.63. The molecule has 0 fully saturated rings. The van der Waals surface area contributed by atoms with Gasteiger partial charge in [-0.25, -0.2) is 9.59 Å². The van der Waals surface area contributed by atoms with Gasteiger partial charge in [-0.2, -0.15) is 0 Å². The summed E-state index contributed by atoms with van der Waals surface area (Å²) < 4.78 is 15.0. The standard InChI is InChI=1S/C14H29N3O5/c1-14(2,3)22-13(19)16-7-6-15-12(18)17(8-10-20-4)9-11-21-5/h6-11H2,1-5H3,(H,15,18)(H,16,19). The number of amides is 3. The smallest absolute Gasteiger partial charge is 0.407 e. The number of nitrogens with zero attached hydrogens (tertiary/aromatic N) is 1. The lowest BCUT2D eigenvalue weighted by Crippen LogP contribution is -2.45. The van der Waals surface area contributed by atoms with Gasteiger partial charge in [0.1, 0.15) is 5.60 Å². The Labute approximate surface area is 132 Å². The summed E-state index contributed by atoms with van der Waals surface area (Å²) in [6.07, 6.45) is -0.502. The minimum Gasteiger partial charge on any atom is -0.444 e. The molecular formula is C14H29N3O5. The highest BCUT2D eigenvalue weighted by Crippen LogP contribution is 2.05. The quantitative estimate of drug-likeness (QED) is 0.614. The Morgan fingerprint density at radius 3 is 1.91 bits per heavy atom. The maximum absolute atomic E-state index is 12.0. The van der Waals surface area contributed by atoms with Crippen LogP contribution in [-0.2, 0) is 14.2 Å². The van der Waals surface area contributed by atoms with Crippen molar-refractivity contribution in [1.29, 1.82) is 0 Å². The molecule has 0 spiro atoms. The van der Waals surface area contributed by atoms with E-state index >= 15 is 0 Å². The van der Waals surface area contributed by atoms with Gasteiger partial charge >= 0.3 is 12.1 Å². The van der Waals surface area contributed by atoms with Crippen LogP contribution in [-0.4, -0.2) is 76.2 Å². The van der Waals surface area contributed by atoms with Crippen LogP contribution in [0.4, 0.5) is 9.59 Å². The average Bonchev–Trinajstić information content (AvgIpc) is 2.41. The zero-order valence-electron chi connectivity index (χ0n) is 14.2. The van der Waals surface area contributed by atoms with Gasteiger partial charge < -0.3 is 29.7 Å². The molecule has 0 saturated carbocycles. The number of methoxy groups -OCH3 is 2. The zero-order valence-corrected chi connectivity index (χ0v) is 14.2. The largest absolute Gasteiger partial charge is 0.444 e. The van der Waals surface area contributed by atoms with Gasteiger partial charge in [-0.05, 0) is 20.8 Å². The van der Waals surface area contributed by atoms with Gasteiger partial charge in [0.15, 0.2) is 0 Å². The number of rotatable bonds is 9. The number of carbonyl (C=O) groups excluding carboxylic acids is 2. The van der Waals surface area contributed by atoms with Crippen LogP contribution < -0.4 is 10.6 Å². The Kier molecular flexibility index (Phi) is 10.3. The summed E-state index contributed by atoms with van der Waals surface area (Å²) in [6.45, 7) is 7.84. The van der Waals surface area contributed by atoms with Crippen LogP contribution in [0.3, 0.4) is 0 Å². The zero-order chi connectivity index (χ0) is 17.0. The monoisotopic (exact) mass is 319 g/mol. The first-order chi connectivity index (χ1) is 10.3. The molecule has 130 valence electrons. The molecule has 22 heavy (non-hydrogen) atoms. The molecule has 0 aliphatic rings. The summed E-state index contributed by atoms with van der Waals surface area (Å²) in [7, 11) is 3.16. The number of urea groups is 1. The molecule has 8 heteroatoms. The Morgan fingerprint density at radius 1 is 0.955 bits per heavy atom. The highest BCUT2D eigenvalue weighted by atomic mass is 16.6. The van der Waals surface area contributed by atoms with E-state index < -0.39 is 11.7 Å². The number of nitrogens with one attached hydrogen (secondary N) is 2. The van der Waals surface area contributed by atoms with E-state index in [9.17, 15) is 9.59 Å². The first kappa shape index (κ1) is 20.5. The van der Waals surface area contributed by atoms with Gasteiger partial charge in [0.2, 0.25) is 0 Å². The summed E-state index contributed by atoms with van der Waals surface area (Å²) in [5.74, 6) is 0. The lowest BCUT2D eigenvalue weighted by molar-refractivity contribution is 0.0528. The Morgan fingerprint density at radius 2 is 1.45 bits per heavy atom. The molecule has 0 aromatic heterocycles. The maximum Gasteiger partial charge on any atom is 0.407 e. The third-order valence-corrected chi connectivity index (χ3v) is 2.49. The molecule has 0 aromatic rings. The molecule has 0 atom stereocenters. The third-order valence-electron chi connectivity index (χ3n) is 2.49. The van der Waals surface area contributed by atoms with E-state index in [1.54, 1.807) is 39.9 Å². The number of ether oxygens (including phenoxy) is 3. The van der Waals surface area contributed by atoms with E-state index in [-0.39, 0.29) is 6.03 Å². The molecule has 3 amide bonds. The van der Waals surface area contributed by atoms with Crippen molar-refractivity contribution in [2.45, 2.75) is 26.4 Å². The molecule has 0 heterocycles. The summed E-state index contributed by atoms with van der Waals surface area (Å²) in [5, 5.41) is 5.30. The average molecular weight is 319 g/mol. The van der Waals surface area contributed by atoms with Crippen LogP contribution in [0.5, 0.6) is 0 Å². The van der Waals surface area contributed by atoms with E-state index in [4.69, 9.17) is 14.2 Å². The summed E-state index contributed by atoms with van der Waals surface area (Å²) in [6, 6.07) is -0.222. The molecule has 0 bridgehead atoms. The van der Waals surface area contributed by atoms with Gasteiger partial charge in [0.25, 0.3) is 0 Å². The Hall–Kier alpha value is -1.54. The van der Waals surface area contributed by atoms with Gasteiger partial charge in [-0.15, -0.1) is 0 Å². The fourth-order valence-electron chi connectivity index (χ4n) is 1.48. The summed E-state index contributed by atoms with van der Waals surface area (Å²) in [5.41, 5.74) is -0.537. The van der Waals surface area contributed by atoms with Crippen LogP contribution in [0.15, 0.2) is 0 Å². The van der Waals surface area contributed by atoms with Crippen molar-refractivity contribution in [3.05, 3.63) is 0 Å². The number of hydrogen-bond donors (Lipinski definition) is 2. The Balaban J connectivity index is 3.99. The maximum atomic E-state index is 12.0. The molecule has 0 aromatic carbocycles. The van der Waals surface area contributed by atoms with Crippen LogP contribution in [0.25, 0.3) is 0 Å². The second-order valence-electron chi connectivity index (χ2n) is 5.63. The minimum atomic E-state index is -0.537. The highest BCUT2D eigenvalue weighted by Gasteiger charge is 2.16. The first-order valence-corrected chi connectivity index (χ1v) is 7.27. The molecule has 8 nitrogen and oxygen atoms in total. The van der Waals surface area contributed by atoms with Crippen molar-refractivity contribution < 1.29 is 23.8 Å². The van der Waals surface area contributed by atoms with Gasteiger partial charge in [-0.1, -0.05) is 0 Å². The molecule has 0 saturated heterocycles. The van der Waals surface area contributed by atoms with Crippen molar-refractivity contribution in [2.24, 2.45) is 0 Å². The van der Waals surface area contributed by atoms with Crippen LogP contribution in [0.1, 0.15) is 20.8 Å². The number of alkyl carbamates (subject to hydrolysis) is 1. The highest BCUT2D eigenvalue weighted by molar-refractivity contribution is 5.74. The van der Waals surface area contributed by atoms with Crippen molar-refractivity contribution in [1.82, 2.24) is 15.5 Å². The molecular weight excluding hydrogens is 290 g/mol. The topological polar surface area (TPSA) is 89.1 Å². The summed E-state index contributed by atoms with van der Waals surface area (Å²) in [4.78, 5) is 25.0. The molecule has 2 N–H and O–H groups in total. The predicted octanol–water partition coefficient (Wildman–Crippen LogP) is 0.816. The number of hydrogen-bond acceptors (Lipinski definition) is 5. The Bertz CT molecular complexity index is 323. The van der Waals surface area contributed by atoms with Crippen molar-refractivity contribution >= 4 is 12.1 Å². The van der Waals surface area contributed by atoms with Crippen molar-refractivity contribution in [3.63, 3.8) is 0 Å². The van der Waals surface area contributed by atoms with Crippen molar-refractivity contribution in [2.75, 3.05) is 53.6 Å². The lowest BCUT2D eigenvalue weighted by atomic mass is 10.2. The van der Waals surface area contributed by atoms with Crippen LogP contribution >= 0.6 is 0 Å². The lowest BCUT2D eigenvalue weighted by Gasteiger charge is -2.23. The normalized spacial score (nSPS) is 11.0. The van der Waals surface area contributed by atoms with E-state index in [0.29, 0.717) is 39.4 Å². The fraction of sp³-hybridized carbons (Fsp3) is 0.857. The minimum absolute atomic E-state index is 0.222. The molecule has 0 unspecified atom stereocenters. The molecule has 0 aliphatic carbocycles.